The van der Waals surface area contributed by atoms with Crippen LogP contribution in [0.25, 0.3) is 0 Å². The monoisotopic (exact) mass is 290 g/mol. The summed E-state index contributed by atoms with van der Waals surface area (Å²) in [5.74, 6) is 0.400. The molecule has 6 heteroatoms. The highest BCUT2D eigenvalue weighted by Crippen LogP contribution is 2.20. The number of nitrogens with zero attached hydrogens (tertiary/aromatic N) is 2. The van der Waals surface area contributed by atoms with Gasteiger partial charge in [-0.2, -0.15) is 10.5 Å². The summed E-state index contributed by atoms with van der Waals surface area (Å²) >= 11 is 0. The zero-order valence-electron chi connectivity index (χ0n) is 12.0. The molecule has 1 aromatic rings. The molecular weight excluding hydrogens is 272 g/mol. The van der Waals surface area contributed by atoms with Crippen molar-refractivity contribution in [2.45, 2.75) is 0 Å². The fourth-order valence-electron chi connectivity index (χ4n) is 1.53. The molecule has 0 aliphatic rings. The molecule has 0 amide bonds. The van der Waals surface area contributed by atoms with E-state index < -0.39 is 0 Å². The lowest BCUT2D eigenvalue weighted by Gasteiger charge is -2.09. The summed E-state index contributed by atoms with van der Waals surface area (Å²) in [4.78, 5) is 0. The first kappa shape index (κ1) is 16.9. The van der Waals surface area contributed by atoms with E-state index in [2.05, 4.69) is 0 Å². The molecule has 0 atom stereocenters. The largest absolute Gasteiger partial charge is 0.490 e. The third-order valence-electron chi connectivity index (χ3n) is 2.55. The van der Waals surface area contributed by atoms with Crippen molar-refractivity contribution in [3.8, 4) is 17.9 Å². The van der Waals surface area contributed by atoms with Crippen LogP contribution in [0, 0.1) is 22.7 Å². The highest BCUT2D eigenvalue weighted by Gasteiger charge is 2.08. The highest BCUT2D eigenvalue weighted by molar-refractivity contribution is 5.53. The quantitative estimate of drug-likeness (QED) is 0.607. The predicted octanol–water partition coefficient (Wildman–Crippen LogP) is 1.49. The molecule has 0 radical (unpaired) electrons. The summed E-state index contributed by atoms with van der Waals surface area (Å²) in [6, 6.07) is 8.86. The summed E-state index contributed by atoms with van der Waals surface area (Å²) in [6.07, 6.45) is 0. The average Bonchev–Trinajstić information content (AvgIpc) is 2.52. The maximum absolute atomic E-state index is 9.03. The minimum atomic E-state index is 0.253. The molecule has 0 bridgehead atoms. The highest BCUT2D eigenvalue weighted by atomic mass is 16.6. The first-order chi connectivity index (χ1) is 10.3. The Morgan fingerprint density at radius 1 is 0.905 bits per heavy atom. The van der Waals surface area contributed by atoms with Gasteiger partial charge in [-0.3, -0.25) is 0 Å². The van der Waals surface area contributed by atoms with Crippen LogP contribution in [0.15, 0.2) is 18.2 Å². The van der Waals surface area contributed by atoms with Crippen LogP contribution in [0.4, 0.5) is 0 Å². The van der Waals surface area contributed by atoms with Gasteiger partial charge >= 0.3 is 0 Å². The second-order valence-corrected chi connectivity index (χ2v) is 3.97. The Morgan fingerprint density at radius 3 is 2.19 bits per heavy atom. The Bertz CT molecular complexity index is 505. The van der Waals surface area contributed by atoms with Crippen LogP contribution < -0.4 is 4.74 Å². The molecule has 0 aromatic heterocycles. The second kappa shape index (κ2) is 10.6. The van der Waals surface area contributed by atoms with Crippen LogP contribution in [-0.4, -0.2) is 46.8 Å². The van der Waals surface area contributed by atoms with Gasteiger partial charge in [0, 0.05) is 7.11 Å². The smallest absolute Gasteiger partial charge is 0.138 e. The van der Waals surface area contributed by atoms with Gasteiger partial charge in [-0.15, -0.1) is 0 Å². The van der Waals surface area contributed by atoms with Gasteiger partial charge in [0.1, 0.15) is 30.1 Å². The van der Waals surface area contributed by atoms with E-state index in [1.807, 2.05) is 12.1 Å². The lowest BCUT2D eigenvalue weighted by molar-refractivity contribution is 0.0179. The average molecular weight is 290 g/mol. The molecule has 6 nitrogen and oxygen atoms in total. The van der Waals surface area contributed by atoms with Crippen molar-refractivity contribution < 1.29 is 18.9 Å². The SMILES string of the molecule is COCCOCCOCCOc1cccc(C#N)c1C#N. The van der Waals surface area contributed by atoms with Crippen LogP contribution in [0.2, 0.25) is 0 Å². The summed E-state index contributed by atoms with van der Waals surface area (Å²) in [6.45, 7) is 2.77. The van der Waals surface area contributed by atoms with E-state index in [1.54, 1.807) is 25.3 Å². The topological polar surface area (TPSA) is 84.5 Å². The molecule has 0 spiro atoms. The Balaban J connectivity index is 2.22. The molecule has 1 aromatic carbocycles. The molecule has 21 heavy (non-hydrogen) atoms. The van der Waals surface area contributed by atoms with E-state index in [1.165, 1.54) is 0 Å². The minimum absolute atomic E-state index is 0.253. The van der Waals surface area contributed by atoms with Crippen molar-refractivity contribution in [2.24, 2.45) is 0 Å². The van der Waals surface area contributed by atoms with Gasteiger partial charge in [-0.25, -0.2) is 0 Å². The van der Waals surface area contributed by atoms with Gasteiger partial charge in [0.25, 0.3) is 0 Å². The molecule has 1 rings (SSSR count). The lowest BCUT2D eigenvalue weighted by atomic mass is 10.1. The van der Waals surface area contributed by atoms with Crippen LogP contribution in [0.3, 0.4) is 0 Å². The number of rotatable bonds is 10. The second-order valence-electron chi connectivity index (χ2n) is 3.97. The minimum Gasteiger partial charge on any atom is -0.490 e. The van der Waals surface area contributed by atoms with Gasteiger partial charge in [0.05, 0.1) is 38.6 Å². The van der Waals surface area contributed by atoms with Crippen molar-refractivity contribution in [2.75, 3.05) is 46.8 Å². The number of hydrogen-bond donors (Lipinski definition) is 0. The molecular formula is C15H18N2O4. The van der Waals surface area contributed by atoms with E-state index in [-0.39, 0.29) is 5.56 Å². The Kier molecular flexibility index (Phi) is 8.58. The molecule has 0 unspecified atom stereocenters. The molecule has 0 saturated carbocycles. The van der Waals surface area contributed by atoms with Gasteiger partial charge < -0.3 is 18.9 Å². The van der Waals surface area contributed by atoms with Crippen molar-refractivity contribution in [3.05, 3.63) is 29.3 Å². The maximum atomic E-state index is 9.03. The number of hydrogen-bond acceptors (Lipinski definition) is 6. The van der Waals surface area contributed by atoms with E-state index in [4.69, 9.17) is 29.5 Å². The number of ether oxygens (including phenoxy) is 4. The van der Waals surface area contributed by atoms with E-state index >= 15 is 0 Å². The zero-order chi connectivity index (χ0) is 15.3. The number of benzene rings is 1. The summed E-state index contributed by atoms with van der Waals surface area (Å²) in [7, 11) is 1.62. The molecule has 0 saturated heterocycles. The molecule has 0 fully saturated rings. The molecule has 0 N–H and O–H groups in total. The molecule has 0 heterocycles. The fraction of sp³-hybridized carbons (Fsp3) is 0.467. The van der Waals surface area contributed by atoms with Crippen LogP contribution in [-0.2, 0) is 14.2 Å². The molecule has 112 valence electrons. The number of methoxy groups -OCH3 is 1. The van der Waals surface area contributed by atoms with E-state index in [0.29, 0.717) is 51.0 Å². The van der Waals surface area contributed by atoms with Crippen molar-refractivity contribution in [1.82, 2.24) is 0 Å². The van der Waals surface area contributed by atoms with E-state index in [0.717, 1.165) is 0 Å². The normalized spacial score (nSPS) is 9.86. The lowest BCUT2D eigenvalue weighted by Crippen LogP contribution is -2.12. The van der Waals surface area contributed by atoms with Gasteiger partial charge in [0.15, 0.2) is 0 Å². The van der Waals surface area contributed by atoms with Gasteiger partial charge in [-0.1, -0.05) is 6.07 Å². The van der Waals surface area contributed by atoms with Gasteiger partial charge in [-0.05, 0) is 12.1 Å². The Morgan fingerprint density at radius 2 is 1.57 bits per heavy atom. The third kappa shape index (κ3) is 6.24. The summed E-state index contributed by atoms with van der Waals surface area (Å²) in [5, 5.41) is 17.9. The Hall–Kier alpha value is -2.12. The standard InChI is InChI=1S/C15H18N2O4/c1-18-5-6-19-7-8-20-9-10-21-15-4-2-3-13(11-16)14(15)12-17/h2-4H,5-10H2,1H3. The molecule has 0 aliphatic heterocycles. The van der Waals surface area contributed by atoms with Gasteiger partial charge in [0.2, 0.25) is 0 Å². The Labute approximate surface area is 124 Å². The first-order valence-corrected chi connectivity index (χ1v) is 6.54. The van der Waals surface area contributed by atoms with Crippen molar-refractivity contribution in [3.63, 3.8) is 0 Å². The van der Waals surface area contributed by atoms with Crippen molar-refractivity contribution >= 4 is 0 Å². The zero-order valence-corrected chi connectivity index (χ0v) is 12.0. The fourth-order valence-corrected chi connectivity index (χ4v) is 1.53. The summed E-state index contributed by atoms with van der Waals surface area (Å²) in [5.41, 5.74) is 0.561. The van der Waals surface area contributed by atoms with Crippen LogP contribution in [0.5, 0.6) is 5.75 Å². The summed E-state index contributed by atoms with van der Waals surface area (Å²) < 4.78 is 20.9. The third-order valence-corrected chi connectivity index (χ3v) is 2.55. The van der Waals surface area contributed by atoms with Crippen LogP contribution >= 0.6 is 0 Å². The van der Waals surface area contributed by atoms with Crippen molar-refractivity contribution in [1.29, 1.82) is 10.5 Å². The van der Waals surface area contributed by atoms with Crippen LogP contribution in [0.1, 0.15) is 11.1 Å². The first-order valence-electron chi connectivity index (χ1n) is 6.54. The number of nitriles is 2. The predicted molar refractivity (Wildman–Crippen MR) is 74.9 cm³/mol. The van der Waals surface area contributed by atoms with E-state index in [9.17, 15) is 0 Å². The maximum Gasteiger partial charge on any atom is 0.138 e. The molecule has 0 aliphatic carbocycles.